The normalized spacial score (nSPS) is 20.9. The van der Waals surface area contributed by atoms with Crippen LogP contribution in [-0.2, 0) is 14.8 Å². The van der Waals surface area contributed by atoms with Crippen molar-refractivity contribution >= 4 is 26.0 Å². The number of halogens is 1. The third-order valence-electron chi connectivity index (χ3n) is 3.34. The van der Waals surface area contributed by atoms with Crippen molar-refractivity contribution in [2.45, 2.75) is 24.6 Å². The molecule has 0 amide bonds. The maximum atomic E-state index is 12.2. The Morgan fingerprint density at radius 3 is 2.80 bits per heavy atom. The van der Waals surface area contributed by atoms with E-state index >= 15 is 0 Å². The van der Waals surface area contributed by atoms with Crippen molar-refractivity contribution in [1.82, 2.24) is 4.72 Å². The highest BCUT2D eigenvalue weighted by atomic mass is 79.9. The van der Waals surface area contributed by atoms with Gasteiger partial charge in [0.1, 0.15) is 11.0 Å². The van der Waals surface area contributed by atoms with E-state index in [0.29, 0.717) is 18.8 Å². The highest BCUT2D eigenvalue weighted by molar-refractivity contribution is 9.10. The van der Waals surface area contributed by atoms with Crippen LogP contribution < -0.4 is 9.46 Å². The van der Waals surface area contributed by atoms with E-state index < -0.39 is 15.3 Å². The third-order valence-corrected chi connectivity index (χ3v) is 5.89. The third kappa shape index (κ3) is 3.52. The quantitative estimate of drug-likeness (QED) is 0.870. The van der Waals surface area contributed by atoms with Gasteiger partial charge in [-0.2, -0.15) is 0 Å². The van der Waals surface area contributed by atoms with Crippen LogP contribution in [0.4, 0.5) is 0 Å². The zero-order valence-electron chi connectivity index (χ0n) is 11.4. The van der Waals surface area contributed by atoms with Crippen molar-refractivity contribution in [3.63, 3.8) is 0 Å². The minimum atomic E-state index is -3.36. The number of benzene rings is 1. The Hall–Kier alpha value is -0.630. The van der Waals surface area contributed by atoms with E-state index in [-0.39, 0.29) is 12.6 Å². The molecule has 1 aromatic rings. The van der Waals surface area contributed by atoms with E-state index in [0.717, 1.165) is 10.0 Å². The summed E-state index contributed by atoms with van der Waals surface area (Å²) in [6.45, 7) is 2.60. The van der Waals surface area contributed by atoms with Gasteiger partial charge in [-0.1, -0.05) is 6.07 Å². The second kappa shape index (κ2) is 6.43. The van der Waals surface area contributed by atoms with Gasteiger partial charge in [-0.3, -0.25) is 0 Å². The Morgan fingerprint density at radius 2 is 2.25 bits per heavy atom. The van der Waals surface area contributed by atoms with Gasteiger partial charge in [0.15, 0.2) is 0 Å². The molecule has 1 aliphatic heterocycles. The first-order valence-electron chi connectivity index (χ1n) is 6.36. The molecule has 0 radical (unpaired) electrons. The van der Waals surface area contributed by atoms with Crippen LogP contribution in [0.5, 0.6) is 5.75 Å². The molecule has 0 saturated carbocycles. The SMILES string of the molecule is COc1ccc(C(C)NS(=O)(=O)C2CCOC2)cc1Br. The molecule has 0 bridgehead atoms. The molecule has 1 aromatic carbocycles. The first kappa shape index (κ1) is 15.8. The number of ether oxygens (including phenoxy) is 2. The molecular formula is C13H18BrNO4S. The molecule has 2 unspecified atom stereocenters. The summed E-state index contributed by atoms with van der Waals surface area (Å²) >= 11 is 3.40. The van der Waals surface area contributed by atoms with E-state index in [1.54, 1.807) is 7.11 Å². The lowest BCUT2D eigenvalue weighted by Crippen LogP contribution is -2.36. The maximum Gasteiger partial charge on any atom is 0.217 e. The molecule has 1 fully saturated rings. The summed E-state index contributed by atoms with van der Waals surface area (Å²) in [4.78, 5) is 0. The average Bonchev–Trinajstić information content (AvgIpc) is 2.92. The number of hydrogen-bond donors (Lipinski definition) is 1. The van der Waals surface area contributed by atoms with Crippen molar-refractivity contribution in [3.8, 4) is 5.75 Å². The summed E-state index contributed by atoms with van der Waals surface area (Å²) in [6, 6.07) is 5.21. The second-order valence-electron chi connectivity index (χ2n) is 4.76. The predicted molar refractivity (Wildman–Crippen MR) is 80.4 cm³/mol. The van der Waals surface area contributed by atoms with Gasteiger partial charge in [0.2, 0.25) is 10.0 Å². The summed E-state index contributed by atoms with van der Waals surface area (Å²) < 4.78 is 38.2. The van der Waals surface area contributed by atoms with E-state index in [9.17, 15) is 8.42 Å². The number of sulfonamides is 1. The number of rotatable bonds is 5. The fraction of sp³-hybridized carbons (Fsp3) is 0.538. The van der Waals surface area contributed by atoms with Gasteiger partial charge in [-0.05, 0) is 47.0 Å². The Bertz CT molecular complexity index is 570. The number of nitrogens with one attached hydrogen (secondary N) is 1. The van der Waals surface area contributed by atoms with Crippen LogP contribution in [-0.4, -0.2) is 34.0 Å². The van der Waals surface area contributed by atoms with Gasteiger partial charge in [0.25, 0.3) is 0 Å². The van der Waals surface area contributed by atoms with Crippen molar-refractivity contribution < 1.29 is 17.9 Å². The lowest BCUT2D eigenvalue weighted by Gasteiger charge is -2.18. The van der Waals surface area contributed by atoms with Crippen LogP contribution in [0, 0.1) is 0 Å². The Balaban J connectivity index is 2.11. The molecule has 0 aliphatic carbocycles. The second-order valence-corrected chi connectivity index (χ2v) is 7.61. The molecule has 2 atom stereocenters. The molecule has 1 aliphatic rings. The fourth-order valence-electron chi connectivity index (χ4n) is 2.12. The van der Waals surface area contributed by atoms with Crippen LogP contribution in [0.3, 0.4) is 0 Å². The topological polar surface area (TPSA) is 64.6 Å². The van der Waals surface area contributed by atoms with E-state index in [2.05, 4.69) is 20.7 Å². The predicted octanol–water partition coefficient (Wildman–Crippen LogP) is 2.23. The van der Waals surface area contributed by atoms with Crippen LogP contribution >= 0.6 is 15.9 Å². The molecule has 20 heavy (non-hydrogen) atoms. The highest BCUT2D eigenvalue weighted by Gasteiger charge is 2.30. The lowest BCUT2D eigenvalue weighted by atomic mass is 10.1. The smallest absolute Gasteiger partial charge is 0.217 e. The van der Waals surface area contributed by atoms with E-state index in [4.69, 9.17) is 9.47 Å². The summed E-state index contributed by atoms with van der Waals surface area (Å²) in [5.41, 5.74) is 0.875. The average molecular weight is 364 g/mol. The van der Waals surface area contributed by atoms with Crippen LogP contribution in [0.25, 0.3) is 0 Å². The van der Waals surface area contributed by atoms with Gasteiger partial charge < -0.3 is 9.47 Å². The molecule has 5 nitrogen and oxygen atoms in total. The molecule has 0 spiro atoms. The zero-order valence-corrected chi connectivity index (χ0v) is 13.8. The molecule has 1 heterocycles. The van der Waals surface area contributed by atoms with Crippen molar-refractivity contribution in [3.05, 3.63) is 28.2 Å². The van der Waals surface area contributed by atoms with E-state index in [1.807, 2.05) is 25.1 Å². The summed E-state index contributed by atoms with van der Waals surface area (Å²) in [6.07, 6.45) is 0.550. The fourth-order valence-corrected chi connectivity index (χ4v) is 4.18. The van der Waals surface area contributed by atoms with Crippen LogP contribution in [0.2, 0.25) is 0 Å². The first-order valence-corrected chi connectivity index (χ1v) is 8.70. The maximum absolute atomic E-state index is 12.2. The Kier molecular flexibility index (Phi) is 5.06. The van der Waals surface area contributed by atoms with Crippen LogP contribution in [0.15, 0.2) is 22.7 Å². The molecule has 7 heteroatoms. The van der Waals surface area contributed by atoms with Gasteiger partial charge in [-0.25, -0.2) is 13.1 Å². The number of methoxy groups -OCH3 is 1. The van der Waals surface area contributed by atoms with Crippen LogP contribution in [0.1, 0.15) is 24.9 Å². The summed E-state index contributed by atoms with van der Waals surface area (Å²) in [5.74, 6) is 0.716. The molecule has 1 saturated heterocycles. The molecule has 112 valence electrons. The van der Waals surface area contributed by atoms with Gasteiger partial charge in [0.05, 0.1) is 18.2 Å². The standard InChI is InChI=1S/C13H18BrNO4S/c1-9(10-3-4-13(18-2)12(14)7-10)15-20(16,17)11-5-6-19-8-11/h3-4,7,9,11,15H,5-6,8H2,1-2H3. The molecule has 1 N–H and O–H groups in total. The van der Waals surface area contributed by atoms with Crippen molar-refractivity contribution in [2.75, 3.05) is 20.3 Å². The zero-order chi connectivity index (χ0) is 14.8. The monoisotopic (exact) mass is 363 g/mol. The van der Waals surface area contributed by atoms with E-state index in [1.165, 1.54) is 0 Å². The molecule has 0 aromatic heterocycles. The largest absolute Gasteiger partial charge is 0.496 e. The summed E-state index contributed by atoms with van der Waals surface area (Å²) in [5, 5.41) is -0.452. The summed E-state index contributed by atoms with van der Waals surface area (Å²) in [7, 11) is -1.77. The lowest BCUT2D eigenvalue weighted by molar-refractivity contribution is 0.198. The minimum absolute atomic E-state index is 0.272. The minimum Gasteiger partial charge on any atom is -0.496 e. The molecular weight excluding hydrogens is 346 g/mol. The Labute approximate surface area is 127 Å². The Morgan fingerprint density at radius 1 is 1.50 bits per heavy atom. The van der Waals surface area contributed by atoms with Gasteiger partial charge in [0, 0.05) is 12.6 Å². The molecule has 2 rings (SSSR count). The van der Waals surface area contributed by atoms with Crippen molar-refractivity contribution in [1.29, 1.82) is 0 Å². The first-order chi connectivity index (χ1) is 9.44. The van der Waals surface area contributed by atoms with Gasteiger partial charge in [-0.15, -0.1) is 0 Å². The number of hydrogen-bond acceptors (Lipinski definition) is 4. The highest BCUT2D eigenvalue weighted by Crippen LogP contribution is 2.28. The van der Waals surface area contributed by atoms with Crippen molar-refractivity contribution in [2.24, 2.45) is 0 Å². The van der Waals surface area contributed by atoms with Gasteiger partial charge >= 0.3 is 0 Å².